The molecule has 0 spiro atoms. The SMILES string of the molecule is CC(NC(=O)N[C@@H](CC(N)=O)C(=O)O)C1CC1. The van der Waals surface area contributed by atoms with Crippen molar-refractivity contribution in [2.45, 2.75) is 38.3 Å². The monoisotopic (exact) mass is 243 g/mol. The minimum Gasteiger partial charge on any atom is -0.480 e. The molecule has 1 rings (SSSR count). The van der Waals surface area contributed by atoms with Crippen molar-refractivity contribution in [3.63, 3.8) is 0 Å². The molecule has 7 heteroatoms. The Balaban J connectivity index is 2.39. The fourth-order valence-electron chi connectivity index (χ4n) is 1.52. The van der Waals surface area contributed by atoms with E-state index in [0.717, 1.165) is 12.8 Å². The fraction of sp³-hybridized carbons (Fsp3) is 0.700. The van der Waals surface area contributed by atoms with E-state index < -0.39 is 30.4 Å². The Morgan fingerprint density at radius 3 is 2.35 bits per heavy atom. The Morgan fingerprint density at radius 2 is 1.94 bits per heavy atom. The average Bonchev–Trinajstić information content (AvgIpc) is 2.98. The summed E-state index contributed by atoms with van der Waals surface area (Å²) in [5, 5.41) is 13.6. The summed E-state index contributed by atoms with van der Waals surface area (Å²) < 4.78 is 0. The number of aliphatic carboxylic acids is 1. The summed E-state index contributed by atoms with van der Waals surface area (Å²) in [6, 6.07) is -1.85. The van der Waals surface area contributed by atoms with Crippen LogP contribution >= 0.6 is 0 Å². The number of hydrogen-bond donors (Lipinski definition) is 4. The van der Waals surface area contributed by atoms with Gasteiger partial charge in [-0.15, -0.1) is 0 Å². The third-order valence-electron chi connectivity index (χ3n) is 2.70. The number of hydrogen-bond acceptors (Lipinski definition) is 3. The number of primary amides is 1. The highest BCUT2D eigenvalue weighted by Gasteiger charge is 2.30. The molecule has 1 aliphatic carbocycles. The highest BCUT2D eigenvalue weighted by molar-refractivity contribution is 5.87. The number of amides is 3. The number of urea groups is 1. The number of nitrogens with one attached hydrogen (secondary N) is 2. The molecule has 0 bridgehead atoms. The molecule has 0 heterocycles. The zero-order chi connectivity index (χ0) is 13.0. The largest absolute Gasteiger partial charge is 0.480 e. The standard InChI is InChI=1S/C10H17N3O4/c1-5(6-2-3-6)12-10(17)13-7(9(15)16)4-8(11)14/h5-7H,2-4H2,1H3,(H2,11,14)(H,15,16)(H2,12,13,17)/t5?,7-/m0/s1. The van der Waals surface area contributed by atoms with Gasteiger partial charge in [0.25, 0.3) is 0 Å². The number of carboxylic acid groups (broad SMARTS) is 1. The number of carbonyl (C=O) groups is 3. The molecule has 0 radical (unpaired) electrons. The number of nitrogens with two attached hydrogens (primary N) is 1. The molecule has 1 fully saturated rings. The average molecular weight is 243 g/mol. The molecular weight excluding hydrogens is 226 g/mol. The second-order valence-corrected chi connectivity index (χ2v) is 4.31. The topological polar surface area (TPSA) is 122 Å². The van der Waals surface area contributed by atoms with Gasteiger partial charge in [-0.2, -0.15) is 0 Å². The Kier molecular flexibility index (Phi) is 4.30. The summed E-state index contributed by atoms with van der Waals surface area (Å²) in [7, 11) is 0. The predicted molar refractivity (Wildman–Crippen MR) is 59.1 cm³/mol. The lowest BCUT2D eigenvalue weighted by Gasteiger charge is -2.17. The van der Waals surface area contributed by atoms with Gasteiger partial charge >= 0.3 is 12.0 Å². The van der Waals surface area contributed by atoms with Gasteiger partial charge < -0.3 is 21.5 Å². The molecule has 3 amide bonds. The van der Waals surface area contributed by atoms with Crippen LogP contribution in [0.1, 0.15) is 26.2 Å². The van der Waals surface area contributed by atoms with Crippen LogP contribution in [0, 0.1) is 5.92 Å². The smallest absolute Gasteiger partial charge is 0.326 e. The Morgan fingerprint density at radius 1 is 1.35 bits per heavy atom. The number of rotatable bonds is 6. The van der Waals surface area contributed by atoms with Crippen molar-refractivity contribution in [2.75, 3.05) is 0 Å². The molecule has 2 atom stereocenters. The first kappa shape index (κ1) is 13.3. The molecule has 1 unspecified atom stereocenters. The van der Waals surface area contributed by atoms with Crippen molar-refractivity contribution in [1.29, 1.82) is 0 Å². The highest BCUT2D eigenvalue weighted by atomic mass is 16.4. The third kappa shape index (κ3) is 4.71. The first-order valence-electron chi connectivity index (χ1n) is 5.48. The van der Waals surface area contributed by atoms with Crippen molar-refractivity contribution < 1.29 is 19.5 Å². The first-order chi connectivity index (χ1) is 7.90. The van der Waals surface area contributed by atoms with Crippen LogP contribution in [-0.2, 0) is 9.59 Å². The molecule has 0 aromatic heterocycles. The third-order valence-corrected chi connectivity index (χ3v) is 2.70. The van der Waals surface area contributed by atoms with Crippen molar-refractivity contribution in [2.24, 2.45) is 11.7 Å². The zero-order valence-electron chi connectivity index (χ0n) is 9.60. The molecule has 7 nitrogen and oxygen atoms in total. The zero-order valence-corrected chi connectivity index (χ0v) is 9.60. The van der Waals surface area contributed by atoms with E-state index in [2.05, 4.69) is 10.6 Å². The maximum atomic E-state index is 11.4. The van der Waals surface area contributed by atoms with Crippen LogP contribution < -0.4 is 16.4 Å². The predicted octanol–water partition coefficient (Wildman–Crippen LogP) is -0.587. The van der Waals surface area contributed by atoms with Crippen molar-refractivity contribution in [1.82, 2.24) is 10.6 Å². The van der Waals surface area contributed by atoms with E-state index in [0.29, 0.717) is 5.92 Å². The van der Waals surface area contributed by atoms with Crippen LogP contribution in [0.5, 0.6) is 0 Å². The quantitative estimate of drug-likeness (QED) is 0.498. The van der Waals surface area contributed by atoms with Crippen LogP contribution in [0.25, 0.3) is 0 Å². The summed E-state index contributed by atoms with van der Waals surface area (Å²) in [6.07, 6.45) is 1.73. The molecular formula is C10H17N3O4. The second-order valence-electron chi connectivity index (χ2n) is 4.31. The van der Waals surface area contributed by atoms with Gasteiger partial charge in [-0.05, 0) is 25.7 Å². The maximum Gasteiger partial charge on any atom is 0.326 e. The summed E-state index contributed by atoms with van der Waals surface area (Å²) in [6.45, 7) is 1.86. The van der Waals surface area contributed by atoms with Gasteiger partial charge in [0.15, 0.2) is 0 Å². The van der Waals surface area contributed by atoms with Gasteiger partial charge in [0.1, 0.15) is 6.04 Å². The molecule has 0 aromatic rings. The van der Waals surface area contributed by atoms with Gasteiger partial charge in [0, 0.05) is 6.04 Å². The van der Waals surface area contributed by atoms with Crippen molar-refractivity contribution in [3.05, 3.63) is 0 Å². The van der Waals surface area contributed by atoms with Crippen molar-refractivity contribution in [3.8, 4) is 0 Å². The lowest BCUT2D eigenvalue weighted by Crippen LogP contribution is -2.50. The maximum absolute atomic E-state index is 11.4. The lowest BCUT2D eigenvalue weighted by atomic mass is 10.2. The van der Waals surface area contributed by atoms with Gasteiger partial charge in [-0.3, -0.25) is 4.79 Å². The molecule has 0 aromatic carbocycles. The second kappa shape index (κ2) is 5.51. The summed E-state index contributed by atoms with van der Waals surface area (Å²) >= 11 is 0. The van der Waals surface area contributed by atoms with E-state index in [1.807, 2.05) is 6.92 Å². The fourth-order valence-corrected chi connectivity index (χ4v) is 1.52. The normalized spacial score (nSPS) is 17.9. The number of carbonyl (C=O) groups excluding carboxylic acids is 2. The van der Waals surface area contributed by atoms with Crippen molar-refractivity contribution >= 4 is 17.9 Å². The van der Waals surface area contributed by atoms with Gasteiger partial charge in [-0.1, -0.05) is 0 Å². The van der Waals surface area contributed by atoms with Gasteiger partial charge in [0.2, 0.25) is 5.91 Å². The molecule has 0 aliphatic heterocycles. The minimum atomic E-state index is -1.28. The van der Waals surface area contributed by atoms with Crippen LogP contribution in [0.15, 0.2) is 0 Å². The van der Waals surface area contributed by atoms with Crippen LogP contribution in [0.3, 0.4) is 0 Å². The Hall–Kier alpha value is -1.79. The van der Waals surface area contributed by atoms with Gasteiger partial charge in [0.05, 0.1) is 6.42 Å². The van der Waals surface area contributed by atoms with E-state index in [-0.39, 0.29) is 6.04 Å². The van der Waals surface area contributed by atoms with E-state index in [1.165, 1.54) is 0 Å². The summed E-state index contributed by atoms with van der Waals surface area (Å²) in [5.41, 5.74) is 4.89. The Bertz CT molecular complexity index is 328. The molecule has 1 saturated carbocycles. The van der Waals surface area contributed by atoms with Crippen LogP contribution in [0.4, 0.5) is 4.79 Å². The summed E-state index contributed by atoms with van der Waals surface area (Å²) in [5.74, 6) is -1.58. The first-order valence-corrected chi connectivity index (χ1v) is 5.48. The Labute approximate surface area is 98.7 Å². The molecule has 96 valence electrons. The molecule has 5 N–H and O–H groups in total. The number of carboxylic acids is 1. The van der Waals surface area contributed by atoms with E-state index in [4.69, 9.17) is 10.8 Å². The molecule has 0 saturated heterocycles. The minimum absolute atomic E-state index is 0.0121. The lowest BCUT2D eigenvalue weighted by molar-refractivity contribution is -0.140. The van der Waals surface area contributed by atoms with E-state index in [1.54, 1.807) is 0 Å². The van der Waals surface area contributed by atoms with E-state index >= 15 is 0 Å². The molecule has 17 heavy (non-hydrogen) atoms. The van der Waals surface area contributed by atoms with Crippen LogP contribution in [-0.4, -0.2) is 35.1 Å². The van der Waals surface area contributed by atoms with Crippen LogP contribution in [0.2, 0.25) is 0 Å². The molecule has 1 aliphatic rings. The summed E-state index contributed by atoms with van der Waals surface area (Å²) in [4.78, 5) is 32.8. The van der Waals surface area contributed by atoms with Gasteiger partial charge in [-0.25, -0.2) is 9.59 Å². The van der Waals surface area contributed by atoms with E-state index in [9.17, 15) is 14.4 Å². The highest BCUT2D eigenvalue weighted by Crippen LogP contribution is 2.32.